The minimum absolute atomic E-state index is 0.00307. The SMILES string of the molecule is O=c1ccon1[C@H]1CCN[C@@H](CC2CCCCC2)C1. The third-order valence-corrected chi connectivity index (χ3v) is 4.74. The quantitative estimate of drug-likeness (QED) is 0.913. The molecular formula is C15H24N2O2. The van der Waals surface area contributed by atoms with Crippen LogP contribution in [0.5, 0.6) is 0 Å². The van der Waals surface area contributed by atoms with Crippen molar-refractivity contribution in [2.24, 2.45) is 5.92 Å². The normalized spacial score (nSPS) is 29.5. The van der Waals surface area contributed by atoms with Crippen LogP contribution in [0.2, 0.25) is 0 Å². The van der Waals surface area contributed by atoms with Crippen molar-refractivity contribution in [2.45, 2.75) is 63.5 Å². The molecule has 1 aromatic heterocycles. The number of hydrogen-bond acceptors (Lipinski definition) is 3. The van der Waals surface area contributed by atoms with Gasteiger partial charge in [0.15, 0.2) is 0 Å². The van der Waals surface area contributed by atoms with Gasteiger partial charge in [0.1, 0.15) is 6.26 Å². The lowest BCUT2D eigenvalue weighted by Crippen LogP contribution is -2.41. The van der Waals surface area contributed by atoms with Gasteiger partial charge in [-0.3, -0.25) is 4.79 Å². The van der Waals surface area contributed by atoms with E-state index in [1.165, 1.54) is 50.9 Å². The van der Waals surface area contributed by atoms with Gasteiger partial charge in [0.2, 0.25) is 0 Å². The summed E-state index contributed by atoms with van der Waals surface area (Å²) in [6.45, 7) is 0.995. The summed E-state index contributed by atoms with van der Waals surface area (Å²) < 4.78 is 6.88. The highest BCUT2D eigenvalue weighted by molar-refractivity contribution is 4.86. The molecule has 0 bridgehead atoms. The maximum atomic E-state index is 11.7. The Morgan fingerprint density at radius 3 is 2.84 bits per heavy atom. The topological polar surface area (TPSA) is 47.2 Å². The molecular weight excluding hydrogens is 240 g/mol. The van der Waals surface area contributed by atoms with Gasteiger partial charge in [0, 0.05) is 12.1 Å². The summed E-state index contributed by atoms with van der Waals surface area (Å²) in [7, 11) is 0. The second-order valence-corrected chi connectivity index (χ2v) is 6.14. The zero-order valence-electron chi connectivity index (χ0n) is 11.5. The van der Waals surface area contributed by atoms with Crippen molar-refractivity contribution >= 4 is 0 Å². The van der Waals surface area contributed by atoms with E-state index in [9.17, 15) is 4.79 Å². The first-order valence-corrected chi connectivity index (χ1v) is 7.73. The van der Waals surface area contributed by atoms with Crippen LogP contribution in [0.3, 0.4) is 0 Å². The standard InChI is InChI=1S/C15H24N2O2/c18-15-7-9-19-17(15)14-6-8-16-13(11-14)10-12-4-2-1-3-5-12/h7,9,12-14,16H,1-6,8,10-11H2/t13-,14-/m0/s1. The Bertz CT molecular complexity index is 445. The van der Waals surface area contributed by atoms with Crippen molar-refractivity contribution < 1.29 is 4.52 Å². The van der Waals surface area contributed by atoms with Crippen molar-refractivity contribution in [1.82, 2.24) is 10.1 Å². The molecule has 4 heteroatoms. The average molecular weight is 264 g/mol. The van der Waals surface area contributed by atoms with Gasteiger partial charge in [-0.1, -0.05) is 32.1 Å². The van der Waals surface area contributed by atoms with Gasteiger partial charge in [-0.2, -0.15) is 4.74 Å². The van der Waals surface area contributed by atoms with E-state index in [0.29, 0.717) is 6.04 Å². The van der Waals surface area contributed by atoms with Crippen molar-refractivity contribution in [3.8, 4) is 0 Å². The molecule has 0 radical (unpaired) electrons. The summed E-state index contributed by atoms with van der Waals surface area (Å²) in [4.78, 5) is 11.7. The number of piperidine rings is 1. The largest absolute Gasteiger partial charge is 0.384 e. The van der Waals surface area contributed by atoms with Crippen LogP contribution >= 0.6 is 0 Å². The van der Waals surface area contributed by atoms with Crippen LogP contribution in [0, 0.1) is 5.92 Å². The average Bonchev–Trinajstić information content (AvgIpc) is 2.86. The summed E-state index contributed by atoms with van der Waals surface area (Å²) in [6, 6.07) is 2.31. The molecule has 0 aromatic carbocycles. The lowest BCUT2D eigenvalue weighted by molar-refractivity contribution is 0.149. The summed E-state index contributed by atoms with van der Waals surface area (Å²) in [5, 5.41) is 3.62. The zero-order chi connectivity index (χ0) is 13.1. The molecule has 0 spiro atoms. The molecule has 1 aliphatic heterocycles. The van der Waals surface area contributed by atoms with Crippen LogP contribution in [0.15, 0.2) is 21.6 Å². The maximum Gasteiger partial charge on any atom is 0.282 e. The molecule has 2 aliphatic rings. The molecule has 2 atom stereocenters. The van der Waals surface area contributed by atoms with Gasteiger partial charge >= 0.3 is 0 Å². The minimum atomic E-state index is 0.00307. The van der Waals surface area contributed by atoms with E-state index in [-0.39, 0.29) is 11.6 Å². The molecule has 106 valence electrons. The summed E-state index contributed by atoms with van der Waals surface area (Å²) in [5.41, 5.74) is 0.00307. The van der Waals surface area contributed by atoms with Gasteiger partial charge in [-0.05, 0) is 31.7 Å². The Morgan fingerprint density at radius 1 is 1.26 bits per heavy atom. The minimum Gasteiger partial charge on any atom is -0.384 e. The van der Waals surface area contributed by atoms with Gasteiger partial charge in [0.25, 0.3) is 5.56 Å². The van der Waals surface area contributed by atoms with E-state index in [2.05, 4.69) is 5.32 Å². The Labute approximate surface area is 114 Å². The van der Waals surface area contributed by atoms with Crippen LogP contribution in [0.1, 0.15) is 57.4 Å². The zero-order valence-corrected chi connectivity index (χ0v) is 11.5. The molecule has 3 rings (SSSR count). The second-order valence-electron chi connectivity index (χ2n) is 6.14. The van der Waals surface area contributed by atoms with Gasteiger partial charge in [0.05, 0.1) is 6.04 Å². The van der Waals surface area contributed by atoms with Crippen molar-refractivity contribution in [3.05, 3.63) is 22.7 Å². The molecule has 1 N–H and O–H groups in total. The number of rotatable bonds is 3. The highest BCUT2D eigenvalue weighted by Gasteiger charge is 2.27. The van der Waals surface area contributed by atoms with Crippen molar-refractivity contribution in [1.29, 1.82) is 0 Å². The third-order valence-electron chi connectivity index (χ3n) is 4.74. The Hall–Kier alpha value is -1.03. The lowest BCUT2D eigenvalue weighted by Gasteiger charge is -2.33. The van der Waals surface area contributed by atoms with Crippen molar-refractivity contribution in [2.75, 3.05) is 6.54 Å². The third kappa shape index (κ3) is 3.11. The molecule has 1 aliphatic carbocycles. The summed E-state index contributed by atoms with van der Waals surface area (Å²) in [6.07, 6.45) is 11.8. The highest BCUT2D eigenvalue weighted by atomic mass is 16.5. The Kier molecular flexibility index (Phi) is 4.06. The molecule has 1 saturated carbocycles. The molecule has 2 fully saturated rings. The summed E-state index contributed by atoms with van der Waals surface area (Å²) >= 11 is 0. The molecule has 4 nitrogen and oxygen atoms in total. The van der Waals surface area contributed by atoms with E-state index in [4.69, 9.17) is 4.52 Å². The first-order chi connectivity index (χ1) is 9.33. The monoisotopic (exact) mass is 264 g/mol. The Balaban J connectivity index is 1.58. The van der Waals surface area contributed by atoms with Crippen LogP contribution in [-0.4, -0.2) is 17.3 Å². The Morgan fingerprint density at radius 2 is 2.11 bits per heavy atom. The molecule has 1 saturated heterocycles. The number of nitrogens with one attached hydrogen (secondary N) is 1. The van der Waals surface area contributed by atoms with Gasteiger partial charge in [-0.15, -0.1) is 0 Å². The number of aromatic nitrogens is 1. The first-order valence-electron chi connectivity index (χ1n) is 7.73. The van der Waals surface area contributed by atoms with Gasteiger partial charge in [-0.25, -0.2) is 0 Å². The predicted molar refractivity (Wildman–Crippen MR) is 74.2 cm³/mol. The van der Waals surface area contributed by atoms with Crippen LogP contribution in [0.4, 0.5) is 0 Å². The fraction of sp³-hybridized carbons (Fsp3) is 0.800. The van der Waals surface area contributed by atoms with Crippen molar-refractivity contribution in [3.63, 3.8) is 0 Å². The molecule has 1 aromatic rings. The van der Waals surface area contributed by atoms with E-state index in [0.717, 1.165) is 25.3 Å². The van der Waals surface area contributed by atoms with Crippen LogP contribution < -0.4 is 10.9 Å². The van der Waals surface area contributed by atoms with E-state index >= 15 is 0 Å². The highest BCUT2D eigenvalue weighted by Crippen LogP contribution is 2.31. The second kappa shape index (κ2) is 5.95. The predicted octanol–water partition coefficient (Wildman–Crippen LogP) is 2.70. The van der Waals surface area contributed by atoms with E-state index in [1.807, 2.05) is 0 Å². The first kappa shape index (κ1) is 13.0. The molecule has 19 heavy (non-hydrogen) atoms. The molecule has 0 unspecified atom stereocenters. The van der Waals surface area contributed by atoms with E-state index in [1.54, 1.807) is 4.74 Å². The fourth-order valence-corrected chi connectivity index (χ4v) is 3.75. The number of nitrogens with zero attached hydrogens (tertiary/aromatic N) is 1. The molecule has 2 heterocycles. The van der Waals surface area contributed by atoms with E-state index < -0.39 is 0 Å². The maximum absolute atomic E-state index is 11.7. The number of hydrogen-bond donors (Lipinski definition) is 1. The van der Waals surface area contributed by atoms with Crippen LogP contribution in [-0.2, 0) is 0 Å². The van der Waals surface area contributed by atoms with Crippen LogP contribution in [0.25, 0.3) is 0 Å². The summed E-state index contributed by atoms with van der Waals surface area (Å²) in [5.74, 6) is 0.887. The van der Waals surface area contributed by atoms with Gasteiger partial charge < -0.3 is 9.84 Å². The smallest absolute Gasteiger partial charge is 0.282 e. The molecule has 0 amide bonds. The lowest BCUT2D eigenvalue weighted by atomic mass is 9.82. The fourth-order valence-electron chi connectivity index (χ4n) is 3.75.